The lowest BCUT2D eigenvalue weighted by molar-refractivity contribution is -0.128. The molecule has 2 aromatic rings. The fourth-order valence-electron chi connectivity index (χ4n) is 4.96. The van der Waals surface area contributed by atoms with E-state index in [2.05, 4.69) is 36.4 Å². The van der Waals surface area contributed by atoms with Crippen molar-refractivity contribution in [1.29, 1.82) is 0 Å². The predicted molar refractivity (Wildman–Crippen MR) is 136 cm³/mol. The Morgan fingerprint density at radius 1 is 1.09 bits per heavy atom. The lowest BCUT2D eigenvalue weighted by atomic mass is 9.87. The van der Waals surface area contributed by atoms with E-state index < -0.39 is 12.1 Å². The monoisotopic (exact) mass is 476 g/mol. The number of pyridine rings is 1. The fraction of sp³-hybridized carbons (Fsp3) is 0.500. The van der Waals surface area contributed by atoms with Gasteiger partial charge >= 0.3 is 0 Å². The minimum absolute atomic E-state index is 0.00374. The number of carbonyl (C=O) groups is 3. The van der Waals surface area contributed by atoms with Crippen molar-refractivity contribution in [2.75, 3.05) is 11.4 Å². The number of carbonyl (C=O) groups excluding carboxylic acids is 3. The van der Waals surface area contributed by atoms with Crippen molar-refractivity contribution in [3.8, 4) is 0 Å². The zero-order valence-corrected chi connectivity index (χ0v) is 20.9. The molecule has 0 bridgehead atoms. The summed E-state index contributed by atoms with van der Waals surface area (Å²) in [5, 5.41) is 6.24. The van der Waals surface area contributed by atoms with Gasteiger partial charge in [-0.25, -0.2) is 0 Å². The Labute approximate surface area is 207 Å². The van der Waals surface area contributed by atoms with Crippen LogP contribution < -0.4 is 15.5 Å². The van der Waals surface area contributed by atoms with Gasteiger partial charge in [-0.05, 0) is 42.0 Å². The SMILES string of the molecule is CC(C)(C)c1ccc(N(C(=O)C2CC(=O)CN2)C(C(=O)NC2CCCCC2)c2cccnc2)cc1. The first-order chi connectivity index (χ1) is 16.7. The molecular weight excluding hydrogens is 440 g/mol. The average molecular weight is 477 g/mol. The van der Waals surface area contributed by atoms with Crippen LogP contribution >= 0.6 is 0 Å². The zero-order valence-electron chi connectivity index (χ0n) is 20.9. The number of amides is 2. The van der Waals surface area contributed by atoms with E-state index in [-0.39, 0.29) is 42.0 Å². The summed E-state index contributed by atoms with van der Waals surface area (Å²) in [4.78, 5) is 45.5. The third-order valence-electron chi connectivity index (χ3n) is 6.98. The van der Waals surface area contributed by atoms with Gasteiger partial charge in [-0.15, -0.1) is 0 Å². The minimum atomic E-state index is -0.892. The minimum Gasteiger partial charge on any atom is -0.351 e. The second kappa shape index (κ2) is 10.7. The van der Waals surface area contributed by atoms with Gasteiger partial charge in [0.25, 0.3) is 0 Å². The Balaban J connectivity index is 1.75. The molecular formula is C28H36N4O3. The molecule has 2 N–H and O–H groups in total. The molecule has 7 nitrogen and oxygen atoms in total. The van der Waals surface area contributed by atoms with E-state index >= 15 is 0 Å². The summed E-state index contributed by atoms with van der Waals surface area (Å²) in [7, 11) is 0. The van der Waals surface area contributed by atoms with E-state index in [1.165, 1.54) is 6.42 Å². The number of hydrogen-bond acceptors (Lipinski definition) is 5. The summed E-state index contributed by atoms with van der Waals surface area (Å²) >= 11 is 0. The third kappa shape index (κ3) is 5.96. The van der Waals surface area contributed by atoms with Gasteiger partial charge < -0.3 is 5.32 Å². The topological polar surface area (TPSA) is 91.4 Å². The van der Waals surface area contributed by atoms with Crippen molar-refractivity contribution in [3.05, 3.63) is 59.9 Å². The predicted octanol–water partition coefficient (Wildman–Crippen LogP) is 3.83. The van der Waals surface area contributed by atoms with Gasteiger partial charge in [0, 0.05) is 36.1 Å². The van der Waals surface area contributed by atoms with E-state index in [1.807, 2.05) is 30.3 Å². The van der Waals surface area contributed by atoms with Gasteiger partial charge in [-0.3, -0.25) is 29.6 Å². The first-order valence-electron chi connectivity index (χ1n) is 12.6. The molecule has 1 aliphatic heterocycles. The van der Waals surface area contributed by atoms with Crippen LogP contribution in [0.3, 0.4) is 0 Å². The molecule has 2 amide bonds. The van der Waals surface area contributed by atoms with Gasteiger partial charge in [0.05, 0.1) is 12.6 Å². The van der Waals surface area contributed by atoms with Crippen molar-refractivity contribution in [2.45, 2.75) is 82.8 Å². The molecule has 1 saturated heterocycles. The van der Waals surface area contributed by atoms with E-state index in [0.717, 1.165) is 31.2 Å². The number of ketones is 1. The molecule has 0 radical (unpaired) electrons. The number of benzene rings is 1. The standard InChI is InChI=1S/C28H36N4O3/c1-28(2,3)20-11-13-22(14-12-20)32(27(35)24-16-23(33)18-30-24)25(19-8-7-15-29-17-19)26(34)31-21-9-5-4-6-10-21/h7-8,11-15,17,21,24-25,30H,4-6,9-10,16,18H2,1-3H3,(H,31,34). The number of nitrogens with one attached hydrogen (secondary N) is 2. The molecule has 7 heteroatoms. The molecule has 4 rings (SSSR count). The number of aromatic nitrogens is 1. The quantitative estimate of drug-likeness (QED) is 0.661. The normalized spacial score (nSPS) is 19.9. The van der Waals surface area contributed by atoms with Crippen LogP contribution in [0, 0.1) is 0 Å². The highest BCUT2D eigenvalue weighted by molar-refractivity contribution is 6.06. The van der Waals surface area contributed by atoms with E-state index in [4.69, 9.17) is 0 Å². The van der Waals surface area contributed by atoms with Crippen molar-refractivity contribution in [1.82, 2.24) is 15.6 Å². The van der Waals surface area contributed by atoms with Crippen LogP contribution in [0.5, 0.6) is 0 Å². The Bertz CT molecular complexity index is 1040. The molecule has 2 heterocycles. The van der Waals surface area contributed by atoms with Crippen molar-refractivity contribution >= 4 is 23.3 Å². The third-order valence-corrected chi connectivity index (χ3v) is 6.98. The summed E-state index contributed by atoms with van der Waals surface area (Å²) in [5.41, 5.74) is 2.34. The average Bonchev–Trinajstić information content (AvgIpc) is 3.29. The maximum atomic E-state index is 13.9. The van der Waals surface area contributed by atoms with Crippen LogP contribution in [-0.4, -0.2) is 41.2 Å². The Morgan fingerprint density at radius 2 is 1.80 bits per heavy atom. The van der Waals surface area contributed by atoms with Crippen molar-refractivity contribution in [2.24, 2.45) is 0 Å². The molecule has 186 valence electrons. The molecule has 35 heavy (non-hydrogen) atoms. The summed E-state index contributed by atoms with van der Waals surface area (Å²) < 4.78 is 0. The van der Waals surface area contributed by atoms with Gasteiger partial charge in [0.1, 0.15) is 11.8 Å². The lowest BCUT2D eigenvalue weighted by Gasteiger charge is -2.35. The maximum absolute atomic E-state index is 13.9. The summed E-state index contributed by atoms with van der Waals surface area (Å²) in [6, 6.07) is 9.95. The van der Waals surface area contributed by atoms with Gasteiger partial charge in [0.15, 0.2) is 0 Å². The van der Waals surface area contributed by atoms with Crippen LogP contribution in [0.4, 0.5) is 5.69 Å². The molecule has 2 atom stereocenters. The molecule has 0 spiro atoms. The summed E-state index contributed by atoms with van der Waals surface area (Å²) in [6.07, 6.45) is 8.67. The van der Waals surface area contributed by atoms with Crippen LogP contribution in [-0.2, 0) is 19.8 Å². The van der Waals surface area contributed by atoms with Gasteiger partial charge in [-0.1, -0.05) is 58.2 Å². The summed E-state index contributed by atoms with van der Waals surface area (Å²) in [5.74, 6) is -0.509. The van der Waals surface area contributed by atoms with Gasteiger partial charge in [0.2, 0.25) is 11.8 Å². The number of nitrogens with zero attached hydrogens (tertiary/aromatic N) is 2. The maximum Gasteiger partial charge on any atom is 0.248 e. The molecule has 1 saturated carbocycles. The van der Waals surface area contributed by atoms with Crippen LogP contribution in [0.1, 0.15) is 76.5 Å². The van der Waals surface area contributed by atoms with Crippen LogP contribution in [0.2, 0.25) is 0 Å². The second-order valence-corrected chi connectivity index (χ2v) is 10.7. The number of hydrogen-bond donors (Lipinski definition) is 2. The molecule has 1 aromatic carbocycles. The van der Waals surface area contributed by atoms with E-state index in [9.17, 15) is 14.4 Å². The number of rotatable bonds is 6. The molecule has 2 fully saturated rings. The fourth-order valence-corrected chi connectivity index (χ4v) is 4.96. The number of Topliss-reactive ketones (excluding diaryl/α,β-unsaturated/α-hetero) is 1. The molecule has 1 aromatic heterocycles. The smallest absolute Gasteiger partial charge is 0.248 e. The van der Waals surface area contributed by atoms with Crippen LogP contribution in [0.15, 0.2) is 48.8 Å². The Kier molecular flexibility index (Phi) is 7.65. The van der Waals surface area contributed by atoms with E-state index in [0.29, 0.717) is 11.3 Å². The Morgan fingerprint density at radius 3 is 2.37 bits per heavy atom. The van der Waals surface area contributed by atoms with Gasteiger partial charge in [-0.2, -0.15) is 0 Å². The highest BCUT2D eigenvalue weighted by Gasteiger charge is 2.39. The second-order valence-electron chi connectivity index (χ2n) is 10.7. The molecule has 2 unspecified atom stereocenters. The molecule has 2 aliphatic rings. The first kappa shape index (κ1) is 25.0. The lowest BCUT2D eigenvalue weighted by Crippen LogP contribution is -2.51. The van der Waals surface area contributed by atoms with E-state index in [1.54, 1.807) is 23.4 Å². The first-order valence-corrected chi connectivity index (χ1v) is 12.6. The summed E-state index contributed by atoms with van der Waals surface area (Å²) in [6.45, 7) is 6.57. The van der Waals surface area contributed by atoms with Crippen molar-refractivity contribution < 1.29 is 14.4 Å². The van der Waals surface area contributed by atoms with Crippen molar-refractivity contribution in [3.63, 3.8) is 0 Å². The highest BCUT2D eigenvalue weighted by Crippen LogP contribution is 2.32. The van der Waals surface area contributed by atoms with Crippen LogP contribution in [0.25, 0.3) is 0 Å². The largest absolute Gasteiger partial charge is 0.351 e. The number of anilines is 1. The zero-order chi connectivity index (χ0) is 25.0. The molecule has 1 aliphatic carbocycles. The Hall–Kier alpha value is -3.06. The highest BCUT2D eigenvalue weighted by atomic mass is 16.2.